The van der Waals surface area contributed by atoms with E-state index in [0.29, 0.717) is 0 Å². The van der Waals surface area contributed by atoms with Crippen LogP contribution >= 0.6 is 38.9 Å². The number of hydrogen-bond donors (Lipinski definition) is 1. The van der Waals surface area contributed by atoms with Crippen LogP contribution < -0.4 is 5.32 Å². The Labute approximate surface area is 139 Å². The molecule has 0 atom stereocenters. The van der Waals surface area contributed by atoms with Crippen LogP contribution in [0.25, 0.3) is 0 Å². The fraction of sp³-hybridized carbons (Fsp3) is 0.714. The lowest BCUT2D eigenvalue weighted by Gasteiger charge is -2.43. The molecule has 0 bridgehead atoms. The summed E-state index contributed by atoms with van der Waals surface area (Å²) in [5, 5.41) is 3.57. The van der Waals surface area contributed by atoms with E-state index in [9.17, 15) is 0 Å². The molecule has 1 aliphatic rings. The van der Waals surface area contributed by atoms with Gasteiger partial charge in [-0.1, -0.05) is 11.6 Å². The predicted molar refractivity (Wildman–Crippen MR) is 91.9 cm³/mol. The lowest BCUT2D eigenvalue weighted by Crippen LogP contribution is -2.57. The third kappa shape index (κ3) is 4.42. The third-order valence-electron chi connectivity index (χ3n) is 3.91. The Kier molecular flexibility index (Phi) is 5.91. The van der Waals surface area contributed by atoms with Gasteiger partial charge in [0.2, 0.25) is 0 Å². The minimum Gasteiger partial charge on any atom is -0.310 e. The number of nitrogens with zero attached hydrogens (tertiary/aromatic N) is 2. The molecule has 0 spiro atoms. The zero-order chi connectivity index (χ0) is 14.8. The van der Waals surface area contributed by atoms with E-state index >= 15 is 0 Å². The highest BCUT2D eigenvalue weighted by molar-refractivity contribution is 9.10. The van der Waals surface area contributed by atoms with Gasteiger partial charge >= 0.3 is 0 Å². The van der Waals surface area contributed by atoms with Crippen molar-refractivity contribution in [2.45, 2.75) is 25.9 Å². The van der Waals surface area contributed by atoms with E-state index in [1.165, 1.54) is 4.88 Å². The van der Waals surface area contributed by atoms with Gasteiger partial charge in [0.05, 0.1) is 0 Å². The van der Waals surface area contributed by atoms with Crippen molar-refractivity contribution in [1.29, 1.82) is 0 Å². The maximum absolute atomic E-state index is 6.06. The van der Waals surface area contributed by atoms with Gasteiger partial charge in [-0.2, -0.15) is 0 Å². The quantitative estimate of drug-likeness (QED) is 0.845. The molecular formula is C14H23BrClN3S. The highest BCUT2D eigenvalue weighted by Gasteiger charge is 2.28. The first-order valence-corrected chi connectivity index (χ1v) is 8.95. The number of thiophene rings is 1. The summed E-state index contributed by atoms with van der Waals surface area (Å²) in [4.78, 5) is 6.25. The SMILES string of the molecule is CN1CCN(C(C)(C)CNCc2cc(Br)c(Cl)s2)CC1. The Morgan fingerprint density at radius 2 is 2.00 bits per heavy atom. The van der Waals surface area contributed by atoms with Gasteiger partial charge in [-0.3, -0.25) is 4.90 Å². The first-order chi connectivity index (χ1) is 9.38. The van der Waals surface area contributed by atoms with E-state index in [-0.39, 0.29) is 5.54 Å². The van der Waals surface area contributed by atoms with Crippen LogP contribution in [0.3, 0.4) is 0 Å². The van der Waals surface area contributed by atoms with Crippen LogP contribution in [0.1, 0.15) is 18.7 Å². The molecular weight excluding hydrogens is 358 g/mol. The lowest BCUT2D eigenvalue weighted by molar-refractivity contribution is 0.0618. The molecule has 0 amide bonds. The van der Waals surface area contributed by atoms with Gasteiger partial charge in [-0.05, 0) is 42.9 Å². The van der Waals surface area contributed by atoms with Gasteiger partial charge in [0, 0.05) is 54.2 Å². The Morgan fingerprint density at radius 1 is 1.35 bits per heavy atom. The summed E-state index contributed by atoms with van der Waals surface area (Å²) in [6.45, 7) is 11.2. The molecule has 1 saturated heterocycles. The fourth-order valence-corrected chi connectivity index (χ4v) is 4.25. The zero-order valence-electron chi connectivity index (χ0n) is 12.4. The van der Waals surface area contributed by atoms with Gasteiger partial charge in [0.25, 0.3) is 0 Å². The van der Waals surface area contributed by atoms with E-state index in [4.69, 9.17) is 11.6 Å². The van der Waals surface area contributed by atoms with Crippen molar-refractivity contribution in [1.82, 2.24) is 15.1 Å². The lowest BCUT2D eigenvalue weighted by atomic mass is 10.0. The molecule has 0 saturated carbocycles. The van der Waals surface area contributed by atoms with E-state index in [1.807, 2.05) is 0 Å². The number of nitrogens with one attached hydrogen (secondary N) is 1. The number of piperazine rings is 1. The van der Waals surface area contributed by atoms with E-state index in [2.05, 4.69) is 58.0 Å². The van der Waals surface area contributed by atoms with Crippen LogP contribution in [0.5, 0.6) is 0 Å². The molecule has 2 heterocycles. The van der Waals surface area contributed by atoms with Crippen molar-refractivity contribution in [3.63, 3.8) is 0 Å². The molecule has 2 rings (SSSR count). The minimum atomic E-state index is 0.194. The summed E-state index contributed by atoms with van der Waals surface area (Å²) in [5.74, 6) is 0. The molecule has 0 aliphatic carbocycles. The molecule has 114 valence electrons. The number of hydrogen-bond acceptors (Lipinski definition) is 4. The Hall–Kier alpha value is 0.350. The van der Waals surface area contributed by atoms with Gasteiger partial charge in [0.1, 0.15) is 4.34 Å². The van der Waals surface area contributed by atoms with Crippen molar-refractivity contribution < 1.29 is 0 Å². The normalized spacial score (nSPS) is 18.6. The maximum Gasteiger partial charge on any atom is 0.107 e. The molecule has 20 heavy (non-hydrogen) atoms. The third-order valence-corrected chi connectivity index (χ3v) is 6.39. The van der Waals surface area contributed by atoms with Crippen molar-refractivity contribution >= 4 is 38.9 Å². The summed E-state index contributed by atoms with van der Waals surface area (Å²) < 4.78 is 1.83. The second-order valence-electron chi connectivity index (χ2n) is 6.04. The van der Waals surface area contributed by atoms with Crippen LogP contribution in [0, 0.1) is 0 Å². The molecule has 0 aromatic carbocycles. The van der Waals surface area contributed by atoms with E-state index < -0.39 is 0 Å². The monoisotopic (exact) mass is 379 g/mol. The molecule has 6 heteroatoms. The second-order valence-corrected chi connectivity index (χ2v) is 8.63. The summed E-state index contributed by atoms with van der Waals surface area (Å²) >= 11 is 11.2. The molecule has 0 radical (unpaired) electrons. The standard InChI is InChI=1S/C14H23BrClN3S/c1-14(2,19-6-4-18(3)5-7-19)10-17-9-11-8-12(15)13(16)20-11/h8,17H,4-7,9-10H2,1-3H3. The number of likely N-dealkylation sites (N-methyl/N-ethyl adjacent to an activating group) is 1. The zero-order valence-corrected chi connectivity index (χ0v) is 15.5. The molecule has 1 aliphatic heterocycles. The van der Waals surface area contributed by atoms with E-state index in [0.717, 1.165) is 48.1 Å². The molecule has 3 nitrogen and oxygen atoms in total. The molecule has 1 aromatic heterocycles. The van der Waals surface area contributed by atoms with Crippen LogP contribution in [0.15, 0.2) is 10.5 Å². The average Bonchev–Trinajstić information content (AvgIpc) is 2.69. The summed E-state index contributed by atoms with van der Waals surface area (Å²) in [7, 11) is 2.20. The number of halogens is 2. The molecule has 1 fully saturated rings. The topological polar surface area (TPSA) is 18.5 Å². The van der Waals surface area contributed by atoms with Gasteiger partial charge in [-0.15, -0.1) is 11.3 Å². The van der Waals surface area contributed by atoms with Crippen LogP contribution in [0.2, 0.25) is 4.34 Å². The van der Waals surface area contributed by atoms with Crippen LogP contribution in [0.4, 0.5) is 0 Å². The first-order valence-electron chi connectivity index (χ1n) is 6.96. The maximum atomic E-state index is 6.06. The summed E-state index contributed by atoms with van der Waals surface area (Å²) in [5.41, 5.74) is 0.194. The van der Waals surface area contributed by atoms with Crippen molar-refractivity contribution in [2.24, 2.45) is 0 Å². The Balaban J connectivity index is 1.80. The summed E-state index contributed by atoms with van der Waals surface area (Å²) in [6, 6.07) is 2.10. The smallest absolute Gasteiger partial charge is 0.107 e. The summed E-state index contributed by atoms with van der Waals surface area (Å²) in [6.07, 6.45) is 0. The minimum absolute atomic E-state index is 0.194. The second kappa shape index (κ2) is 7.07. The molecule has 0 unspecified atom stereocenters. The van der Waals surface area contributed by atoms with Crippen molar-refractivity contribution in [3.05, 3.63) is 19.8 Å². The highest BCUT2D eigenvalue weighted by Crippen LogP contribution is 2.31. The molecule has 1 aromatic rings. The van der Waals surface area contributed by atoms with Crippen LogP contribution in [-0.2, 0) is 6.54 Å². The highest BCUT2D eigenvalue weighted by atomic mass is 79.9. The fourth-order valence-electron chi connectivity index (χ4n) is 2.49. The largest absolute Gasteiger partial charge is 0.310 e. The van der Waals surface area contributed by atoms with Crippen molar-refractivity contribution in [2.75, 3.05) is 39.8 Å². The van der Waals surface area contributed by atoms with Crippen LogP contribution in [-0.4, -0.2) is 55.1 Å². The first kappa shape index (κ1) is 16.7. The number of rotatable bonds is 5. The van der Waals surface area contributed by atoms with E-state index in [1.54, 1.807) is 11.3 Å². The average molecular weight is 381 g/mol. The Morgan fingerprint density at radius 3 is 2.55 bits per heavy atom. The predicted octanol–water partition coefficient (Wildman–Crippen LogP) is 3.28. The van der Waals surface area contributed by atoms with Gasteiger partial charge < -0.3 is 10.2 Å². The van der Waals surface area contributed by atoms with Gasteiger partial charge in [0.15, 0.2) is 0 Å². The van der Waals surface area contributed by atoms with Crippen molar-refractivity contribution in [3.8, 4) is 0 Å². The van der Waals surface area contributed by atoms with Gasteiger partial charge in [-0.25, -0.2) is 0 Å². The Bertz CT molecular complexity index is 422. The molecule has 1 N–H and O–H groups in total.